The van der Waals surface area contributed by atoms with E-state index in [1.807, 2.05) is 0 Å². The zero-order chi connectivity index (χ0) is 7.68. The van der Waals surface area contributed by atoms with Crippen LogP contribution in [0.15, 0.2) is 0 Å². The van der Waals surface area contributed by atoms with Crippen LogP contribution in [0.4, 0.5) is 0 Å². The number of fused-ring (bicyclic) bond motifs is 1. The molecule has 0 unspecified atom stereocenters. The van der Waals surface area contributed by atoms with E-state index in [4.69, 9.17) is 15.2 Å². The van der Waals surface area contributed by atoms with Gasteiger partial charge in [0.25, 0.3) is 0 Å². The van der Waals surface area contributed by atoms with Crippen molar-refractivity contribution < 1.29 is 9.47 Å². The van der Waals surface area contributed by atoms with Crippen LogP contribution in [0, 0.1) is 11.8 Å². The highest BCUT2D eigenvalue weighted by molar-refractivity contribution is 4.86. The van der Waals surface area contributed by atoms with Gasteiger partial charge in [-0.05, 0) is 12.3 Å². The highest BCUT2D eigenvalue weighted by Gasteiger charge is 2.38. The zero-order valence-electron chi connectivity index (χ0n) is 6.66. The van der Waals surface area contributed by atoms with Crippen LogP contribution in [0.1, 0.15) is 6.42 Å². The third-order valence-corrected chi connectivity index (χ3v) is 2.77. The molecule has 3 heteroatoms. The quantitative estimate of drug-likeness (QED) is 0.582. The maximum Gasteiger partial charge on any atom is 0.0730 e. The largest absolute Gasteiger partial charge is 0.381 e. The Balaban J connectivity index is 1.98. The molecule has 0 amide bonds. The Morgan fingerprint density at radius 2 is 2.27 bits per heavy atom. The van der Waals surface area contributed by atoms with Gasteiger partial charge >= 0.3 is 0 Å². The lowest BCUT2D eigenvalue weighted by molar-refractivity contribution is 0.0297. The summed E-state index contributed by atoms with van der Waals surface area (Å²) in [4.78, 5) is 0. The van der Waals surface area contributed by atoms with Crippen LogP contribution >= 0.6 is 0 Å². The summed E-state index contributed by atoms with van der Waals surface area (Å²) >= 11 is 0. The Labute approximate surface area is 66.8 Å². The SMILES string of the molecule is NC[C@@H]1OC[C@H]2COCC[C@@H]21. The summed E-state index contributed by atoms with van der Waals surface area (Å²) in [6, 6.07) is 0. The van der Waals surface area contributed by atoms with Gasteiger partial charge in [0.1, 0.15) is 0 Å². The van der Waals surface area contributed by atoms with Crippen LogP contribution in [-0.4, -0.2) is 32.5 Å². The predicted octanol–water partition coefficient (Wildman–Crippen LogP) is -0.00340. The molecule has 2 saturated heterocycles. The zero-order valence-corrected chi connectivity index (χ0v) is 6.66. The van der Waals surface area contributed by atoms with E-state index in [1.165, 1.54) is 0 Å². The van der Waals surface area contributed by atoms with Crippen LogP contribution in [-0.2, 0) is 9.47 Å². The lowest BCUT2D eigenvalue weighted by atomic mass is 9.87. The Bertz CT molecular complexity index is 134. The molecule has 0 bridgehead atoms. The van der Waals surface area contributed by atoms with Gasteiger partial charge in [0.2, 0.25) is 0 Å². The molecule has 2 fully saturated rings. The highest BCUT2D eigenvalue weighted by atomic mass is 16.5. The fraction of sp³-hybridized carbons (Fsp3) is 1.00. The predicted molar refractivity (Wildman–Crippen MR) is 41.2 cm³/mol. The molecule has 0 radical (unpaired) electrons. The van der Waals surface area contributed by atoms with Crippen molar-refractivity contribution in [3.05, 3.63) is 0 Å². The molecule has 3 nitrogen and oxygen atoms in total. The van der Waals surface area contributed by atoms with Gasteiger partial charge in [-0.3, -0.25) is 0 Å². The monoisotopic (exact) mass is 157 g/mol. The Hall–Kier alpha value is -0.120. The molecule has 0 spiro atoms. The standard InChI is InChI=1S/C8H15NO2/c9-3-8-7-1-2-10-4-6(7)5-11-8/h6-8H,1-5,9H2/t6-,7+,8+/m1/s1. The fourth-order valence-corrected chi connectivity index (χ4v) is 2.09. The van der Waals surface area contributed by atoms with E-state index in [0.29, 0.717) is 24.5 Å². The van der Waals surface area contributed by atoms with Crippen molar-refractivity contribution in [2.45, 2.75) is 12.5 Å². The lowest BCUT2D eigenvalue weighted by Crippen LogP contribution is -2.33. The number of hydrogen-bond donors (Lipinski definition) is 1. The summed E-state index contributed by atoms with van der Waals surface area (Å²) < 4.78 is 10.9. The highest BCUT2D eigenvalue weighted by Crippen LogP contribution is 2.32. The second kappa shape index (κ2) is 3.09. The molecule has 0 aromatic carbocycles. The van der Waals surface area contributed by atoms with Gasteiger partial charge < -0.3 is 15.2 Å². The number of ether oxygens (including phenoxy) is 2. The van der Waals surface area contributed by atoms with Crippen molar-refractivity contribution in [2.24, 2.45) is 17.6 Å². The van der Waals surface area contributed by atoms with Crippen LogP contribution in [0.5, 0.6) is 0 Å². The van der Waals surface area contributed by atoms with Crippen molar-refractivity contribution in [1.29, 1.82) is 0 Å². The van der Waals surface area contributed by atoms with Gasteiger partial charge in [0.05, 0.1) is 19.3 Å². The average molecular weight is 157 g/mol. The number of rotatable bonds is 1. The van der Waals surface area contributed by atoms with Crippen molar-refractivity contribution in [3.8, 4) is 0 Å². The van der Waals surface area contributed by atoms with Gasteiger partial charge in [0.15, 0.2) is 0 Å². The summed E-state index contributed by atoms with van der Waals surface area (Å²) in [5.74, 6) is 1.30. The molecule has 2 rings (SSSR count). The minimum absolute atomic E-state index is 0.309. The lowest BCUT2D eigenvalue weighted by Gasteiger charge is -2.26. The van der Waals surface area contributed by atoms with Crippen LogP contribution < -0.4 is 5.73 Å². The summed E-state index contributed by atoms with van der Waals surface area (Å²) in [6.07, 6.45) is 1.44. The van der Waals surface area contributed by atoms with Crippen LogP contribution in [0.2, 0.25) is 0 Å². The molecule has 0 aliphatic carbocycles. The van der Waals surface area contributed by atoms with Crippen molar-refractivity contribution >= 4 is 0 Å². The van der Waals surface area contributed by atoms with Crippen LogP contribution in [0.25, 0.3) is 0 Å². The normalized spacial score (nSPS) is 43.9. The molecule has 2 aliphatic rings. The van der Waals surface area contributed by atoms with Gasteiger partial charge in [-0.2, -0.15) is 0 Å². The van der Waals surface area contributed by atoms with E-state index >= 15 is 0 Å². The summed E-state index contributed by atoms with van der Waals surface area (Å²) in [5.41, 5.74) is 5.57. The molecular weight excluding hydrogens is 142 g/mol. The van der Waals surface area contributed by atoms with Crippen LogP contribution in [0.3, 0.4) is 0 Å². The number of hydrogen-bond acceptors (Lipinski definition) is 3. The van der Waals surface area contributed by atoms with Gasteiger partial charge in [-0.25, -0.2) is 0 Å². The van der Waals surface area contributed by atoms with E-state index in [9.17, 15) is 0 Å². The minimum atomic E-state index is 0.309. The topological polar surface area (TPSA) is 44.5 Å². The second-order valence-corrected chi connectivity index (χ2v) is 3.40. The molecule has 2 heterocycles. The molecule has 3 atom stereocenters. The summed E-state index contributed by atoms with van der Waals surface area (Å²) in [7, 11) is 0. The first-order valence-electron chi connectivity index (χ1n) is 4.31. The maximum atomic E-state index is 5.57. The van der Waals surface area contributed by atoms with Gasteiger partial charge in [-0.1, -0.05) is 0 Å². The third kappa shape index (κ3) is 1.28. The number of nitrogens with two attached hydrogens (primary N) is 1. The van der Waals surface area contributed by atoms with E-state index < -0.39 is 0 Å². The second-order valence-electron chi connectivity index (χ2n) is 3.40. The van der Waals surface area contributed by atoms with E-state index in [1.54, 1.807) is 0 Å². The summed E-state index contributed by atoms with van der Waals surface area (Å²) in [6.45, 7) is 3.29. The first kappa shape index (κ1) is 7.53. The molecule has 11 heavy (non-hydrogen) atoms. The van der Waals surface area contributed by atoms with Gasteiger partial charge in [0, 0.05) is 19.1 Å². The summed E-state index contributed by atoms with van der Waals surface area (Å²) in [5, 5.41) is 0. The Kier molecular flexibility index (Phi) is 2.11. The fourth-order valence-electron chi connectivity index (χ4n) is 2.09. The Morgan fingerprint density at radius 3 is 3.09 bits per heavy atom. The smallest absolute Gasteiger partial charge is 0.0730 e. The van der Waals surface area contributed by atoms with Crippen molar-refractivity contribution in [1.82, 2.24) is 0 Å². The molecule has 0 aromatic heterocycles. The van der Waals surface area contributed by atoms with E-state index in [2.05, 4.69) is 0 Å². The molecule has 2 N–H and O–H groups in total. The third-order valence-electron chi connectivity index (χ3n) is 2.77. The first-order chi connectivity index (χ1) is 5.42. The van der Waals surface area contributed by atoms with Crippen molar-refractivity contribution in [2.75, 3.05) is 26.4 Å². The molecule has 64 valence electrons. The van der Waals surface area contributed by atoms with E-state index in [0.717, 1.165) is 26.2 Å². The molecule has 0 saturated carbocycles. The Morgan fingerprint density at radius 1 is 1.36 bits per heavy atom. The average Bonchev–Trinajstić information content (AvgIpc) is 2.47. The molecule has 2 aliphatic heterocycles. The van der Waals surface area contributed by atoms with Gasteiger partial charge in [-0.15, -0.1) is 0 Å². The molecular formula is C8H15NO2. The molecule has 0 aromatic rings. The van der Waals surface area contributed by atoms with Crippen molar-refractivity contribution in [3.63, 3.8) is 0 Å². The maximum absolute atomic E-state index is 5.57. The van der Waals surface area contributed by atoms with E-state index in [-0.39, 0.29) is 0 Å². The minimum Gasteiger partial charge on any atom is -0.381 e. The first-order valence-corrected chi connectivity index (χ1v) is 4.31.